The molecule has 1 atom stereocenters. The Bertz CT molecular complexity index is 727. The first-order valence-electron chi connectivity index (χ1n) is 10.2. The zero-order valence-corrected chi connectivity index (χ0v) is 17.0. The van der Waals surface area contributed by atoms with Crippen LogP contribution >= 0.6 is 0 Å². The van der Waals surface area contributed by atoms with Crippen LogP contribution in [0.3, 0.4) is 0 Å². The molecule has 0 radical (unpaired) electrons. The number of sulfonamides is 1. The van der Waals surface area contributed by atoms with Crippen LogP contribution in [0.5, 0.6) is 0 Å². The van der Waals surface area contributed by atoms with Gasteiger partial charge in [-0.15, -0.1) is 0 Å². The Hall–Kier alpha value is -1.60. The van der Waals surface area contributed by atoms with Crippen LogP contribution in [-0.2, 0) is 14.8 Å². The molecule has 1 N–H and O–H groups in total. The normalized spacial score (nSPS) is 21.8. The predicted molar refractivity (Wildman–Crippen MR) is 110 cm³/mol. The summed E-state index contributed by atoms with van der Waals surface area (Å²) < 4.78 is 26.4. The van der Waals surface area contributed by atoms with E-state index in [-0.39, 0.29) is 11.7 Å². The topological polar surface area (TPSA) is 69.7 Å². The van der Waals surface area contributed by atoms with Gasteiger partial charge in [-0.3, -0.25) is 4.79 Å². The van der Waals surface area contributed by atoms with Crippen molar-refractivity contribution in [2.75, 3.05) is 35.6 Å². The SMILES string of the molecule is CCCS(=O)(=O)N1CCCCC1C(=O)Nc1ccc(N2CCCCC2)cc1. The van der Waals surface area contributed by atoms with Gasteiger partial charge in [-0.25, -0.2) is 8.42 Å². The van der Waals surface area contributed by atoms with Crippen molar-refractivity contribution in [2.24, 2.45) is 0 Å². The summed E-state index contributed by atoms with van der Waals surface area (Å²) in [6, 6.07) is 7.29. The molecule has 1 aromatic carbocycles. The number of hydrogen-bond acceptors (Lipinski definition) is 4. The molecule has 1 amide bonds. The minimum absolute atomic E-state index is 0.0985. The number of anilines is 2. The van der Waals surface area contributed by atoms with Crippen molar-refractivity contribution in [3.05, 3.63) is 24.3 Å². The summed E-state index contributed by atoms with van der Waals surface area (Å²) in [4.78, 5) is 15.2. The summed E-state index contributed by atoms with van der Waals surface area (Å²) in [5.74, 6) is -0.124. The Balaban J connectivity index is 1.66. The summed E-state index contributed by atoms with van der Waals surface area (Å²) in [7, 11) is -3.38. The van der Waals surface area contributed by atoms with E-state index in [0.29, 0.717) is 19.4 Å². The highest BCUT2D eigenvalue weighted by atomic mass is 32.2. The number of carbonyl (C=O) groups excluding carboxylic acids is 1. The Morgan fingerprint density at radius 2 is 1.70 bits per heavy atom. The number of nitrogens with zero attached hydrogens (tertiary/aromatic N) is 2. The molecule has 7 heteroatoms. The first kappa shape index (κ1) is 20.1. The number of benzene rings is 1. The molecule has 2 fully saturated rings. The third kappa shape index (κ3) is 5.02. The van der Waals surface area contributed by atoms with Crippen LogP contribution < -0.4 is 10.2 Å². The Morgan fingerprint density at radius 1 is 1.04 bits per heavy atom. The van der Waals surface area contributed by atoms with Gasteiger partial charge in [0.15, 0.2) is 0 Å². The molecule has 150 valence electrons. The number of hydrogen-bond donors (Lipinski definition) is 1. The van der Waals surface area contributed by atoms with E-state index in [9.17, 15) is 13.2 Å². The molecule has 0 bridgehead atoms. The number of piperidine rings is 2. The molecule has 1 unspecified atom stereocenters. The second-order valence-corrected chi connectivity index (χ2v) is 9.56. The van der Waals surface area contributed by atoms with Crippen molar-refractivity contribution < 1.29 is 13.2 Å². The average Bonchev–Trinajstić information content (AvgIpc) is 2.69. The van der Waals surface area contributed by atoms with Crippen molar-refractivity contribution >= 4 is 27.3 Å². The van der Waals surface area contributed by atoms with Crippen LogP contribution in [0.15, 0.2) is 24.3 Å². The fraction of sp³-hybridized carbons (Fsp3) is 0.650. The maximum absolute atomic E-state index is 12.8. The molecule has 2 saturated heterocycles. The maximum Gasteiger partial charge on any atom is 0.242 e. The quantitative estimate of drug-likeness (QED) is 0.806. The molecule has 0 spiro atoms. The maximum atomic E-state index is 12.8. The van der Waals surface area contributed by atoms with Crippen LogP contribution in [0, 0.1) is 0 Å². The van der Waals surface area contributed by atoms with Crippen LogP contribution in [-0.4, -0.2) is 50.1 Å². The molecule has 0 aromatic heterocycles. The molecular weight excluding hydrogens is 362 g/mol. The molecule has 2 heterocycles. The van der Waals surface area contributed by atoms with Gasteiger partial charge in [-0.1, -0.05) is 13.3 Å². The number of rotatable bonds is 6. The second kappa shape index (κ2) is 9.06. The first-order chi connectivity index (χ1) is 13.0. The van der Waals surface area contributed by atoms with Gasteiger partial charge in [-0.2, -0.15) is 4.31 Å². The summed E-state index contributed by atoms with van der Waals surface area (Å²) in [5.41, 5.74) is 1.90. The molecule has 1 aromatic rings. The zero-order chi connectivity index (χ0) is 19.3. The molecule has 6 nitrogen and oxygen atoms in total. The third-order valence-electron chi connectivity index (χ3n) is 5.43. The smallest absolute Gasteiger partial charge is 0.242 e. The van der Waals surface area contributed by atoms with Gasteiger partial charge in [0, 0.05) is 31.0 Å². The number of amides is 1. The second-order valence-electron chi connectivity index (χ2n) is 7.52. The summed E-state index contributed by atoms with van der Waals surface area (Å²) >= 11 is 0. The van der Waals surface area contributed by atoms with Crippen molar-refractivity contribution in [1.82, 2.24) is 4.31 Å². The van der Waals surface area contributed by atoms with Crippen molar-refractivity contribution in [3.63, 3.8) is 0 Å². The number of carbonyl (C=O) groups is 1. The molecule has 2 aliphatic rings. The van der Waals surface area contributed by atoms with Crippen molar-refractivity contribution in [3.8, 4) is 0 Å². The van der Waals surface area contributed by atoms with Gasteiger partial charge < -0.3 is 10.2 Å². The minimum atomic E-state index is -3.38. The van der Waals surface area contributed by atoms with E-state index in [1.54, 1.807) is 0 Å². The van der Waals surface area contributed by atoms with E-state index in [1.165, 1.54) is 29.3 Å². The van der Waals surface area contributed by atoms with Gasteiger partial charge in [0.1, 0.15) is 6.04 Å². The van der Waals surface area contributed by atoms with Gasteiger partial charge in [0.05, 0.1) is 5.75 Å². The minimum Gasteiger partial charge on any atom is -0.372 e. The van der Waals surface area contributed by atoms with E-state index >= 15 is 0 Å². The summed E-state index contributed by atoms with van der Waals surface area (Å²) in [6.45, 7) is 4.45. The highest BCUT2D eigenvalue weighted by Gasteiger charge is 2.36. The van der Waals surface area contributed by atoms with Gasteiger partial charge >= 0.3 is 0 Å². The molecule has 3 rings (SSSR count). The van der Waals surface area contributed by atoms with Crippen LogP contribution in [0.2, 0.25) is 0 Å². The lowest BCUT2D eigenvalue weighted by atomic mass is 10.0. The molecule has 0 saturated carbocycles. The lowest BCUT2D eigenvalue weighted by Gasteiger charge is -2.33. The largest absolute Gasteiger partial charge is 0.372 e. The summed E-state index contributed by atoms with van der Waals surface area (Å²) in [5, 5.41) is 2.92. The highest BCUT2D eigenvalue weighted by Crippen LogP contribution is 2.25. The van der Waals surface area contributed by atoms with E-state index < -0.39 is 16.1 Å². The Morgan fingerprint density at radius 3 is 2.37 bits per heavy atom. The lowest BCUT2D eigenvalue weighted by molar-refractivity contribution is -0.120. The van der Waals surface area contributed by atoms with Crippen LogP contribution in [0.4, 0.5) is 11.4 Å². The summed E-state index contributed by atoms with van der Waals surface area (Å²) in [6.07, 6.45) is 6.58. The van der Waals surface area contributed by atoms with Crippen LogP contribution in [0.25, 0.3) is 0 Å². The Kier molecular flexibility index (Phi) is 6.76. The van der Waals surface area contributed by atoms with Gasteiger partial charge in [0.25, 0.3) is 0 Å². The standard InChI is InChI=1S/C20H31N3O3S/c1-2-16-27(25,26)23-15-7-4-8-19(23)20(24)21-17-9-11-18(12-10-17)22-13-5-3-6-14-22/h9-12,19H,2-8,13-16H2,1H3,(H,21,24). The van der Waals surface area contributed by atoms with Gasteiger partial charge in [-0.05, 0) is 62.8 Å². The first-order valence-corrected chi connectivity index (χ1v) is 11.8. The van der Waals surface area contributed by atoms with E-state index in [2.05, 4.69) is 10.2 Å². The monoisotopic (exact) mass is 393 g/mol. The van der Waals surface area contributed by atoms with E-state index in [0.717, 1.165) is 31.6 Å². The molecule has 2 aliphatic heterocycles. The van der Waals surface area contributed by atoms with Crippen molar-refractivity contribution in [2.45, 2.75) is 57.9 Å². The third-order valence-corrected chi connectivity index (χ3v) is 7.51. The van der Waals surface area contributed by atoms with Gasteiger partial charge in [0.2, 0.25) is 15.9 Å². The fourth-order valence-corrected chi connectivity index (χ4v) is 5.76. The van der Waals surface area contributed by atoms with E-state index in [1.807, 2.05) is 31.2 Å². The fourth-order valence-electron chi connectivity index (χ4n) is 4.01. The molecule has 27 heavy (non-hydrogen) atoms. The Labute approximate surface area is 163 Å². The highest BCUT2D eigenvalue weighted by molar-refractivity contribution is 7.89. The average molecular weight is 394 g/mol. The lowest BCUT2D eigenvalue weighted by Crippen LogP contribution is -2.50. The van der Waals surface area contributed by atoms with Crippen LogP contribution in [0.1, 0.15) is 51.9 Å². The molecule has 0 aliphatic carbocycles. The predicted octanol–water partition coefficient (Wildman–Crippen LogP) is 3.21. The molecular formula is C20H31N3O3S. The van der Waals surface area contributed by atoms with E-state index in [4.69, 9.17) is 0 Å². The zero-order valence-electron chi connectivity index (χ0n) is 16.2. The number of nitrogens with one attached hydrogen (secondary N) is 1. The van der Waals surface area contributed by atoms with Crippen molar-refractivity contribution in [1.29, 1.82) is 0 Å².